The molecule has 0 amide bonds. The van der Waals surface area contributed by atoms with Crippen LogP contribution >= 0.6 is 11.6 Å². The van der Waals surface area contributed by atoms with E-state index < -0.39 is 0 Å². The summed E-state index contributed by atoms with van der Waals surface area (Å²) in [5.74, 6) is 0.833. The highest BCUT2D eigenvalue weighted by Gasteiger charge is 2.07. The molecule has 4 nitrogen and oxygen atoms in total. The first-order valence-corrected chi connectivity index (χ1v) is 7.54. The molecule has 22 heavy (non-hydrogen) atoms. The summed E-state index contributed by atoms with van der Waals surface area (Å²) in [5.41, 5.74) is 3.39. The lowest BCUT2D eigenvalue weighted by Gasteiger charge is -2.22. The highest BCUT2D eigenvalue weighted by molar-refractivity contribution is 6.30. The smallest absolute Gasteiger partial charge is 0.194 e. The Morgan fingerprint density at radius 3 is 2.64 bits per heavy atom. The van der Waals surface area contributed by atoms with E-state index in [9.17, 15) is 0 Å². The molecule has 0 fully saturated rings. The molecule has 0 radical (unpaired) electrons. The van der Waals surface area contributed by atoms with Crippen LogP contribution in [0.25, 0.3) is 0 Å². The van der Waals surface area contributed by atoms with Crippen LogP contribution < -0.4 is 5.32 Å². The summed E-state index contributed by atoms with van der Waals surface area (Å²) < 4.78 is 0. The van der Waals surface area contributed by atoms with Gasteiger partial charge in [-0.1, -0.05) is 29.8 Å². The molecule has 1 N–H and O–H groups in total. The maximum absolute atomic E-state index is 5.91. The minimum Gasteiger partial charge on any atom is -0.351 e. The van der Waals surface area contributed by atoms with Crippen LogP contribution in [-0.4, -0.2) is 29.9 Å². The van der Waals surface area contributed by atoms with Crippen molar-refractivity contribution in [2.75, 3.05) is 14.1 Å². The number of aliphatic imine (C=N–C) groups is 1. The van der Waals surface area contributed by atoms with Gasteiger partial charge < -0.3 is 10.2 Å². The van der Waals surface area contributed by atoms with Crippen molar-refractivity contribution in [2.45, 2.75) is 20.0 Å². The predicted octanol–water partition coefficient (Wildman–Crippen LogP) is 3.25. The molecule has 0 aliphatic carbocycles. The lowest BCUT2D eigenvalue weighted by Crippen LogP contribution is -2.38. The van der Waals surface area contributed by atoms with E-state index in [1.165, 1.54) is 11.1 Å². The average Bonchev–Trinajstić information content (AvgIpc) is 2.52. The van der Waals surface area contributed by atoms with Crippen LogP contribution in [0.5, 0.6) is 0 Å². The van der Waals surface area contributed by atoms with Gasteiger partial charge >= 0.3 is 0 Å². The standard InChI is InChI=1S/C17H21ClN4/c1-13-5-4-10-20-16(13)11-21-17(19-2)22(3)12-14-6-8-15(18)9-7-14/h4-10H,11-12H2,1-3H3,(H,19,21). The molecule has 0 saturated carbocycles. The number of aromatic nitrogens is 1. The Kier molecular flexibility index (Phi) is 5.78. The molecular weight excluding hydrogens is 296 g/mol. The SMILES string of the molecule is CN=C(NCc1ncccc1C)N(C)Cc1ccc(Cl)cc1. The summed E-state index contributed by atoms with van der Waals surface area (Å²) in [5, 5.41) is 4.09. The lowest BCUT2D eigenvalue weighted by atomic mass is 10.2. The number of nitrogens with one attached hydrogen (secondary N) is 1. The molecule has 1 heterocycles. The minimum atomic E-state index is 0.657. The Hall–Kier alpha value is -2.07. The van der Waals surface area contributed by atoms with Gasteiger partial charge in [-0.05, 0) is 36.2 Å². The number of guanidine groups is 1. The predicted molar refractivity (Wildman–Crippen MR) is 92.1 cm³/mol. The molecule has 1 aromatic heterocycles. The van der Waals surface area contributed by atoms with Crippen molar-refractivity contribution in [3.63, 3.8) is 0 Å². The molecule has 0 saturated heterocycles. The summed E-state index contributed by atoms with van der Waals surface area (Å²) in [7, 11) is 3.79. The van der Waals surface area contributed by atoms with Crippen molar-refractivity contribution in [1.82, 2.24) is 15.2 Å². The van der Waals surface area contributed by atoms with Gasteiger partial charge in [0.25, 0.3) is 0 Å². The highest BCUT2D eigenvalue weighted by atomic mass is 35.5. The Bertz CT molecular complexity index is 637. The maximum Gasteiger partial charge on any atom is 0.194 e. The quantitative estimate of drug-likeness (QED) is 0.695. The second-order valence-corrected chi connectivity index (χ2v) is 5.59. The van der Waals surface area contributed by atoms with Crippen LogP contribution in [0, 0.1) is 6.92 Å². The monoisotopic (exact) mass is 316 g/mol. The molecule has 1 aromatic carbocycles. The van der Waals surface area contributed by atoms with Gasteiger partial charge in [0.15, 0.2) is 5.96 Å². The zero-order valence-corrected chi connectivity index (χ0v) is 13.9. The van der Waals surface area contributed by atoms with Gasteiger partial charge in [0.2, 0.25) is 0 Å². The second-order valence-electron chi connectivity index (χ2n) is 5.15. The third kappa shape index (κ3) is 4.46. The number of hydrogen-bond donors (Lipinski definition) is 1. The van der Waals surface area contributed by atoms with Crippen LogP contribution in [0.2, 0.25) is 5.02 Å². The molecular formula is C17H21ClN4. The van der Waals surface area contributed by atoms with E-state index in [-0.39, 0.29) is 0 Å². The van der Waals surface area contributed by atoms with Crippen molar-refractivity contribution >= 4 is 17.6 Å². The molecule has 0 unspecified atom stereocenters. The van der Waals surface area contributed by atoms with Gasteiger partial charge in [-0.25, -0.2) is 0 Å². The zero-order valence-electron chi connectivity index (χ0n) is 13.2. The van der Waals surface area contributed by atoms with Gasteiger partial charge in [0.1, 0.15) is 0 Å². The van der Waals surface area contributed by atoms with Gasteiger partial charge in [0.05, 0.1) is 12.2 Å². The van der Waals surface area contributed by atoms with E-state index in [0.717, 1.165) is 23.2 Å². The van der Waals surface area contributed by atoms with Gasteiger partial charge in [0, 0.05) is 31.9 Å². The van der Waals surface area contributed by atoms with E-state index >= 15 is 0 Å². The fourth-order valence-electron chi connectivity index (χ4n) is 2.19. The topological polar surface area (TPSA) is 40.5 Å². The summed E-state index contributed by atoms with van der Waals surface area (Å²) in [4.78, 5) is 10.8. The lowest BCUT2D eigenvalue weighted by molar-refractivity contribution is 0.476. The summed E-state index contributed by atoms with van der Waals surface area (Å²) in [6, 6.07) is 11.9. The molecule has 2 aromatic rings. The first kappa shape index (κ1) is 16.3. The molecule has 5 heteroatoms. The van der Waals surface area contributed by atoms with E-state index in [2.05, 4.69) is 33.2 Å². The molecule has 0 aliphatic heterocycles. The van der Waals surface area contributed by atoms with Gasteiger partial charge in [-0.15, -0.1) is 0 Å². The fraction of sp³-hybridized carbons (Fsp3) is 0.294. The van der Waals surface area contributed by atoms with Crippen LogP contribution in [0.15, 0.2) is 47.6 Å². The van der Waals surface area contributed by atoms with Crippen LogP contribution in [-0.2, 0) is 13.1 Å². The van der Waals surface area contributed by atoms with E-state index in [1.807, 2.05) is 43.6 Å². The Labute approximate surface area is 136 Å². The first-order chi connectivity index (χ1) is 10.6. The molecule has 116 valence electrons. The molecule has 0 spiro atoms. The summed E-state index contributed by atoms with van der Waals surface area (Å²) in [6.07, 6.45) is 1.81. The molecule has 0 atom stereocenters. The number of halogens is 1. The number of hydrogen-bond acceptors (Lipinski definition) is 2. The Morgan fingerprint density at radius 2 is 2.00 bits per heavy atom. The van der Waals surface area contributed by atoms with Crippen molar-refractivity contribution in [3.8, 4) is 0 Å². The van der Waals surface area contributed by atoms with Gasteiger partial charge in [-0.3, -0.25) is 9.98 Å². The number of aryl methyl sites for hydroxylation is 1. The largest absolute Gasteiger partial charge is 0.351 e. The molecule has 2 rings (SSSR count). The third-order valence-corrected chi connectivity index (χ3v) is 3.69. The van der Waals surface area contributed by atoms with Crippen molar-refractivity contribution in [2.24, 2.45) is 4.99 Å². The van der Waals surface area contributed by atoms with Crippen LogP contribution in [0.1, 0.15) is 16.8 Å². The Morgan fingerprint density at radius 1 is 1.27 bits per heavy atom. The number of rotatable bonds is 4. The highest BCUT2D eigenvalue weighted by Crippen LogP contribution is 2.11. The van der Waals surface area contributed by atoms with Crippen molar-refractivity contribution in [1.29, 1.82) is 0 Å². The van der Waals surface area contributed by atoms with Crippen molar-refractivity contribution in [3.05, 3.63) is 64.4 Å². The minimum absolute atomic E-state index is 0.657. The van der Waals surface area contributed by atoms with Crippen LogP contribution in [0.4, 0.5) is 0 Å². The third-order valence-electron chi connectivity index (χ3n) is 3.44. The zero-order chi connectivity index (χ0) is 15.9. The number of benzene rings is 1. The van der Waals surface area contributed by atoms with Gasteiger partial charge in [-0.2, -0.15) is 0 Å². The maximum atomic E-state index is 5.91. The first-order valence-electron chi connectivity index (χ1n) is 7.17. The average molecular weight is 317 g/mol. The van der Waals surface area contributed by atoms with E-state index in [0.29, 0.717) is 6.54 Å². The molecule has 0 aliphatic rings. The summed E-state index contributed by atoms with van der Waals surface area (Å²) >= 11 is 5.91. The summed E-state index contributed by atoms with van der Waals surface area (Å²) in [6.45, 7) is 3.48. The normalized spacial score (nSPS) is 11.4. The fourth-order valence-corrected chi connectivity index (χ4v) is 2.32. The number of nitrogens with zero attached hydrogens (tertiary/aromatic N) is 3. The Balaban J connectivity index is 1.96. The number of pyridine rings is 1. The second kappa shape index (κ2) is 7.80. The van der Waals surface area contributed by atoms with Crippen molar-refractivity contribution < 1.29 is 0 Å². The van der Waals surface area contributed by atoms with E-state index in [1.54, 1.807) is 7.05 Å². The van der Waals surface area contributed by atoms with E-state index in [4.69, 9.17) is 11.6 Å². The molecule has 0 bridgehead atoms. The van der Waals surface area contributed by atoms with Crippen LogP contribution in [0.3, 0.4) is 0 Å².